The van der Waals surface area contributed by atoms with Crippen LogP contribution < -0.4 is 4.72 Å². The Kier molecular flexibility index (Phi) is 3.34. The van der Waals surface area contributed by atoms with Crippen molar-refractivity contribution in [3.8, 4) is 0 Å². The Hall–Kier alpha value is -0.810. The topological polar surface area (TPSA) is 59.1 Å². The second kappa shape index (κ2) is 4.14. The minimum atomic E-state index is -3.30. The molecule has 0 aliphatic rings. The predicted octanol–water partition coefficient (Wildman–Crippen LogP) is 1.89. The molecule has 0 aromatic carbocycles. The van der Waals surface area contributed by atoms with Crippen molar-refractivity contribution in [3.05, 3.63) is 23.5 Å². The molecule has 0 aliphatic heterocycles. The summed E-state index contributed by atoms with van der Waals surface area (Å²) < 4.78 is 25.2. The highest BCUT2D eigenvalue weighted by Crippen LogP contribution is 2.12. The molecule has 6 heteroatoms. The number of hydrogen-bond acceptors (Lipinski definition) is 3. The van der Waals surface area contributed by atoms with Crippen LogP contribution in [-0.4, -0.2) is 18.7 Å². The van der Waals surface area contributed by atoms with E-state index in [0.29, 0.717) is 10.8 Å². The summed E-state index contributed by atoms with van der Waals surface area (Å²) in [7, 11) is -3.30. The van der Waals surface area contributed by atoms with Crippen LogP contribution in [-0.2, 0) is 10.0 Å². The van der Waals surface area contributed by atoms with Crippen molar-refractivity contribution >= 4 is 27.3 Å². The van der Waals surface area contributed by atoms with Crippen LogP contribution in [0.1, 0.15) is 13.8 Å². The first-order valence-corrected chi connectivity index (χ1v) is 5.97. The highest BCUT2D eigenvalue weighted by Gasteiger charge is 2.15. The van der Waals surface area contributed by atoms with Gasteiger partial charge in [0.25, 0.3) is 0 Å². The molecule has 4 nitrogen and oxygen atoms in total. The minimum Gasteiger partial charge on any atom is -0.282 e. The second-order valence-corrected chi connectivity index (χ2v) is 5.69. The summed E-state index contributed by atoms with van der Waals surface area (Å²) in [5, 5.41) is -0.143. The van der Waals surface area contributed by atoms with E-state index >= 15 is 0 Å². The van der Waals surface area contributed by atoms with E-state index in [2.05, 4.69) is 9.71 Å². The molecule has 1 heterocycles. The number of pyridine rings is 1. The lowest BCUT2D eigenvalue weighted by atomic mass is 10.4. The number of nitrogens with zero attached hydrogens (tertiary/aromatic N) is 1. The summed E-state index contributed by atoms with van der Waals surface area (Å²) in [5.41, 5.74) is 0.420. The monoisotopic (exact) mass is 234 g/mol. The van der Waals surface area contributed by atoms with Gasteiger partial charge in [-0.2, -0.15) is 0 Å². The van der Waals surface area contributed by atoms with E-state index in [9.17, 15) is 8.42 Å². The SMILES string of the molecule is CC(C)S(=O)(=O)Nc1ccc(Cl)nc1. The van der Waals surface area contributed by atoms with Gasteiger partial charge in [0.05, 0.1) is 17.1 Å². The van der Waals surface area contributed by atoms with E-state index in [1.807, 2.05) is 0 Å². The summed E-state index contributed by atoms with van der Waals surface area (Å²) in [4.78, 5) is 3.76. The first-order chi connectivity index (χ1) is 6.42. The zero-order chi connectivity index (χ0) is 10.8. The molecule has 0 atom stereocenters. The molecule has 78 valence electrons. The normalized spacial score (nSPS) is 11.7. The minimum absolute atomic E-state index is 0.331. The average molecular weight is 235 g/mol. The molecule has 0 aliphatic carbocycles. The van der Waals surface area contributed by atoms with E-state index in [1.54, 1.807) is 19.9 Å². The van der Waals surface area contributed by atoms with Crippen LogP contribution in [0.5, 0.6) is 0 Å². The van der Waals surface area contributed by atoms with E-state index < -0.39 is 15.3 Å². The number of nitrogens with one attached hydrogen (secondary N) is 1. The summed E-state index contributed by atoms with van der Waals surface area (Å²) in [5.74, 6) is 0. The predicted molar refractivity (Wildman–Crippen MR) is 56.9 cm³/mol. The maximum Gasteiger partial charge on any atom is 0.235 e. The number of hydrogen-bond donors (Lipinski definition) is 1. The smallest absolute Gasteiger partial charge is 0.235 e. The number of rotatable bonds is 3. The van der Waals surface area contributed by atoms with Crippen molar-refractivity contribution in [3.63, 3.8) is 0 Å². The van der Waals surface area contributed by atoms with Crippen LogP contribution in [0.25, 0.3) is 0 Å². The summed E-state index contributed by atoms with van der Waals surface area (Å²) in [6.45, 7) is 3.21. The van der Waals surface area contributed by atoms with Gasteiger partial charge >= 0.3 is 0 Å². The molecule has 0 radical (unpaired) electrons. The van der Waals surface area contributed by atoms with Gasteiger partial charge in [-0.15, -0.1) is 0 Å². The standard InChI is InChI=1S/C8H11ClN2O2S/c1-6(2)14(12,13)11-7-3-4-8(9)10-5-7/h3-6,11H,1-2H3. The Balaban J connectivity index is 2.85. The second-order valence-electron chi connectivity index (χ2n) is 3.07. The van der Waals surface area contributed by atoms with Gasteiger partial charge < -0.3 is 0 Å². The third-order valence-corrected chi connectivity index (χ3v) is 3.59. The van der Waals surface area contributed by atoms with E-state index in [1.165, 1.54) is 12.3 Å². The van der Waals surface area contributed by atoms with Crippen molar-refractivity contribution in [1.29, 1.82) is 0 Å². The molecular weight excluding hydrogens is 224 g/mol. The zero-order valence-corrected chi connectivity index (χ0v) is 9.43. The molecule has 0 spiro atoms. The van der Waals surface area contributed by atoms with Crippen LogP contribution in [0.15, 0.2) is 18.3 Å². The molecule has 0 saturated carbocycles. The maximum absolute atomic E-state index is 11.4. The Morgan fingerprint density at radius 3 is 2.50 bits per heavy atom. The summed E-state index contributed by atoms with van der Waals surface area (Å²) >= 11 is 5.56. The van der Waals surface area contributed by atoms with Gasteiger partial charge in [0.1, 0.15) is 5.15 Å². The van der Waals surface area contributed by atoms with Crippen LogP contribution in [0.4, 0.5) is 5.69 Å². The largest absolute Gasteiger partial charge is 0.282 e. The average Bonchev–Trinajstić information content (AvgIpc) is 2.08. The number of sulfonamides is 1. The van der Waals surface area contributed by atoms with Crippen molar-refractivity contribution < 1.29 is 8.42 Å². The van der Waals surface area contributed by atoms with Gasteiger partial charge in [0, 0.05) is 0 Å². The molecule has 0 unspecified atom stereocenters. The lowest BCUT2D eigenvalue weighted by Crippen LogP contribution is -2.22. The van der Waals surface area contributed by atoms with Gasteiger partial charge in [-0.05, 0) is 26.0 Å². The molecule has 1 rings (SSSR count). The fourth-order valence-corrected chi connectivity index (χ4v) is 1.52. The highest BCUT2D eigenvalue weighted by molar-refractivity contribution is 7.93. The Bertz CT molecular complexity index is 400. The quantitative estimate of drug-likeness (QED) is 0.813. The third-order valence-electron chi connectivity index (χ3n) is 1.61. The third kappa shape index (κ3) is 2.85. The van der Waals surface area contributed by atoms with Crippen LogP contribution >= 0.6 is 11.6 Å². The van der Waals surface area contributed by atoms with Crippen molar-refractivity contribution in [2.45, 2.75) is 19.1 Å². The first kappa shape index (κ1) is 11.3. The molecule has 1 aromatic rings. The maximum atomic E-state index is 11.4. The Labute approximate surface area is 88.4 Å². The number of aromatic nitrogens is 1. The molecule has 14 heavy (non-hydrogen) atoms. The lowest BCUT2D eigenvalue weighted by molar-refractivity contribution is 0.593. The van der Waals surface area contributed by atoms with Crippen molar-refractivity contribution in [1.82, 2.24) is 4.98 Å². The Morgan fingerprint density at radius 1 is 1.43 bits per heavy atom. The van der Waals surface area contributed by atoms with E-state index in [4.69, 9.17) is 11.6 Å². The highest BCUT2D eigenvalue weighted by atomic mass is 35.5. The Morgan fingerprint density at radius 2 is 2.07 bits per heavy atom. The van der Waals surface area contributed by atoms with Gasteiger partial charge in [0.15, 0.2) is 0 Å². The summed E-state index contributed by atoms with van der Waals surface area (Å²) in [6, 6.07) is 3.09. The molecule has 1 aromatic heterocycles. The molecule has 0 saturated heterocycles. The van der Waals surface area contributed by atoms with Crippen LogP contribution in [0, 0.1) is 0 Å². The van der Waals surface area contributed by atoms with Gasteiger partial charge in [-0.3, -0.25) is 4.72 Å². The molecule has 1 N–H and O–H groups in total. The molecule has 0 fully saturated rings. The van der Waals surface area contributed by atoms with Crippen molar-refractivity contribution in [2.24, 2.45) is 0 Å². The van der Waals surface area contributed by atoms with Crippen molar-refractivity contribution in [2.75, 3.05) is 4.72 Å². The van der Waals surface area contributed by atoms with E-state index in [0.717, 1.165) is 0 Å². The number of halogens is 1. The first-order valence-electron chi connectivity index (χ1n) is 4.05. The van der Waals surface area contributed by atoms with Crippen LogP contribution in [0.2, 0.25) is 5.15 Å². The van der Waals surface area contributed by atoms with E-state index in [-0.39, 0.29) is 0 Å². The molecule has 0 bridgehead atoms. The van der Waals surface area contributed by atoms with Gasteiger partial charge in [-0.1, -0.05) is 11.6 Å². The molecule has 0 amide bonds. The molecular formula is C8H11ClN2O2S. The van der Waals surface area contributed by atoms with Gasteiger partial charge in [0.2, 0.25) is 10.0 Å². The lowest BCUT2D eigenvalue weighted by Gasteiger charge is -2.09. The fourth-order valence-electron chi connectivity index (χ4n) is 0.718. The zero-order valence-electron chi connectivity index (χ0n) is 7.86. The number of anilines is 1. The summed E-state index contributed by atoms with van der Waals surface area (Å²) in [6.07, 6.45) is 1.38. The fraction of sp³-hybridized carbons (Fsp3) is 0.375. The van der Waals surface area contributed by atoms with Crippen LogP contribution in [0.3, 0.4) is 0 Å². The van der Waals surface area contributed by atoms with Gasteiger partial charge in [-0.25, -0.2) is 13.4 Å².